The number of carbonyl (C=O) groups is 2. The Balaban J connectivity index is 2.74. The van der Waals surface area contributed by atoms with Crippen LogP contribution in [0.1, 0.15) is 37.0 Å². The fraction of sp³-hybridized carbons (Fsp3) is 0.500. The highest BCUT2D eigenvalue weighted by Crippen LogP contribution is 2.27. The lowest BCUT2D eigenvalue weighted by atomic mass is 9.81. The molecule has 0 atom stereocenters. The average molecular weight is 345 g/mol. The molecule has 0 aliphatic rings. The third kappa shape index (κ3) is 5.23. The first-order chi connectivity index (χ1) is 11.2. The Bertz CT molecular complexity index is 559. The van der Waals surface area contributed by atoms with Crippen molar-refractivity contribution in [3.63, 3.8) is 0 Å². The van der Waals surface area contributed by atoms with Gasteiger partial charge in [0.05, 0.1) is 5.41 Å². The van der Waals surface area contributed by atoms with Crippen molar-refractivity contribution >= 4 is 17.5 Å². The van der Waals surface area contributed by atoms with E-state index >= 15 is 0 Å². The molecule has 8 heteroatoms. The molecule has 0 saturated heterocycles. The van der Waals surface area contributed by atoms with Crippen molar-refractivity contribution < 1.29 is 22.8 Å². The van der Waals surface area contributed by atoms with Crippen molar-refractivity contribution in [1.82, 2.24) is 5.32 Å². The van der Waals surface area contributed by atoms with Crippen molar-refractivity contribution in [3.8, 4) is 0 Å². The number of hydrogen-bond donors (Lipinski definition) is 3. The summed E-state index contributed by atoms with van der Waals surface area (Å²) in [6.45, 7) is 2.58. The monoisotopic (exact) mass is 345 g/mol. The van der Waals surface area contributed by atoms with E-state index < -0.39 is 24.0 Å². The predicted octanol–water partition coefficient (Wildman–Crippen LogP) is 2.68. The van der Waals surface area contributed by atoms with Gasteiger partial charge in [0, 0.05) is 17.8 Å². The summed E-state index contributed by atoms with van der Waals surface area (Å²) in [5.41, 5.74) is 5.57. The maximum atomic E-state index is 12.4. The fourth-order valence-corrected chi connectivity index (χ4v) is 2.20. The van der Waals surface area contributed by atoms with E-state index in [1.165, 1.54) is 24.3 Å². The van der Waals surface area contributed by atoms with Gasteiger partial charge in [0.1, 0.15) is 6.54 Å². The number of anilines is 1. The average Bonchev–Trinajstić information content (AvgIpc) is 2.55. The summed E-state index contributed by atoms with van der Waals surface area (Å²) in [5.74, 6) is -1.05. The Labute approximate surface area is 138 Å². The van der Waals surface area contributed by atoms with Crippen LogP contribution in [-0.4, -0.2) is 31.1 Å². The molecule has 0 aliphatic heterocycles. The molecule has 134 valence electrons. The van der Waals surface area contributed by atoms with Gasteiger partial charge in [0.15, 0.2) is 0 Å². The van der Waals surface area contributed by atoms with Crippen molar-refractivity contribution in [2.24, 2.45) is 11.1 Å². The van der Waals surface area contributed by atoms with E-state index in [0.29, 0.717) is 18.5 Å². The van der Waals surface area contributed by atoms with Crippen LogP contribution in [0.3, 0.4) is 0 Å². The molecule has 0 aliphatic carbocycles. The first-order valence-electron chi connectivity index (χ1n) is 7.64. The molecule has 0 unspecified atom stereocenters. The second-order valence-corrected chi connectivity index (χ2v) is 5.52. The number of halogens is 3. The van der Waals surface area contributed by atoms with Gasteiger partial charge in [0.2, 0.25) is 5.91 Å². The Morgan fingerprint density at radius 3 is 2.04 bits per heavy atom. The molecule has 0 radical (unpaired) electrons. The smallest absolute Gasteiger partial charge is 0.343 e. The highest BCUT2D eigenvalue weighted by Gasteiger charge is 2.33. The van der Waals surface area contributed by atoms with Crippen molar-refractivity contribution in [1.29, 1.82) is 0 Å². The van der Waals surface area contributed by atoms with Gasteiger partial charge in [-0.15, -0.1) is 0 Å². The van der Waals surface area contributed by atoms with E-state index in [-0.39, 0.29) is 18.0 Å². The third-order valence-corrected chi connectivity index (χ3v) is 4.08. The van der Waals surface area contributed by atoms with E-state index in [1.54, 1.807) is 5.32 Å². The molecule has 2 amide bonds. The predicted molar refractivity (Wildman–Crippen MR) is 85.5 cm³/mol. The van der Waals surface area contributed by atoms with Crippen molar-refractivity contribution in [2.45, 2.75) is 32.9 Å². The van der Waals surface area contributed by atoms with Crippen LogP contribution in [-0.2, 0) is 4.79 Å². The normalized spacial score (nSPS) is 11.9. The van der Waals surface area contributed by atoms with Gasteiger partial charge in [-0.05, 0) is 37.1 Å². The summed E-state index contributed by atoms with van der Waals surface area (Å²) in [4.78, 5) is 24.0. The molecule has 0 spiro atoms. The number of hydrogen-bond acceptors (Lipinski definition) is 3. The van der Waals surface area contributed by atoms with Gasteiger partial charge in [-0.2, -0.15) is 13.2 Å². The summed E-state index contributed by atoms with van der Waals surface area (Å²) in [5, 5.41) is 4.51. The molecule has 1 aromatic rings. The van der Waals surface area contributed by atoms with E-state index in [9.17, 15) is 22.8 Å². The summed E-state index contributed by atoms with van der Waals surface area (Å²) in [7, 11) is 0. The highest BCUT2D eigenvalue weighted by atomic mass is 19.4. The van der Waals surface area contributed by atoms with Crippen LogP contribution < -0.4 is 16.4 Å². The highest BCUT2D eigenvalue weighted by molar-refractivity contribution is 5.97. The lowest BCUT2D eigenvalue weighted by Crippen LogP contribution is -2.41. The molecule has 1 aromatic carbocycles. The molecule has 0 fully saturated rings. The molecule has 0 aromatic heterocycles. The van der Waals surface area contributed by atoms with Gasteiger partial charge in [-0.25, -0.2) is 0 Å². The Morgan fingerprint density at radius 1 is 1.08 bits per heavy atom. The zero-order valence-electron chi connectivity index (χ0n) is 13.7. The standard InChI is InChI=1S/C16H22F3N3O2/c1-3-15(4-2,9-20)14(24)22-12-7-5-11(6-8-12)13(23)21-10-16(17,18)19/h5-8H,3-4,9-10,20H2,1-2H3,(H,21,23)(H,22,24). The molecule has 0 heterocycles. The van der Waals surface area contributed by atoms with Crippen LogP contribution in [0.4, 0.5) is 18.9 Å². The topological polar surface area (TPSA) is 84.2 Å². The minimum Gasteiger partial charge on any atom is -0.343 e. The molecule has 0 saturated carbocycles. The quantitative estimate of drug-likeness (QED) is 0.710. The summed E-state index contributed by atoms with van der Waals surface area (Å²) < 4.78 is 36.2. The zero-order valence-corrected chi connectivity index (χ0v) is 13.7. The van der Waals surface area contributed by atoms with Gasteiger partial charge in [-0.1, -0.05) is 13.8 Å². The van der Waals surface area contributed by atoms with Crippen molar-refractivity contribution in [3.05, 3.63) is 29.8 Å². The van der Waals surface area contributed by atoms with Crippen LogP contribution in [0.5, 0.6) is 0 Å². The first-order valence-corrected chi connectivity index (χ1v) is 7.64. The Kier molecular flexibility index (Phi) is 6.77. The third-order valence-electron chi connectivity index (χ3n) is 4.08. The van der Waals surface area contributed by atoms with Gasteiger partial charge in [0.25, 0.3) is 5.91 Å². The maximum Gasteiger partial charge on any atom is 0.405 e. The fourth-order valence-electron chi connectivity index (χ4n) is 2.20. The Hall–Kier alpha value is -2.09. The number of nitrogens with one attached hydrogen (secondary N) is 2. The number of benzene rings is 1. The minimum absolute atomic E-state index is 0.0771. The van der Waals surface area contributed by atoms with Crippen LogP contribution >= 0.6 is 0 Å². The lowest BCUT2D eigenvalue weighted by Gasteiger charge is -2.28. The molecular weight excluding hydrogens is 323 g/mol. The van der Waals surface area contributed by atoms with E-state index in [2.05, 4.69) is 5.32 Å². The minimum atomic E-state index is -4.46. The first kappa shape index (κ1) is 20.0. The second-order valence-electron chi connectivity index (χ2n) is 5.52. The second kappa shape index (κ2) is 8.14. The summed E-state index contributed by atoms with van der Waals surface area (Å²) in [6, 6.07) is 5.63. The Morgan fingerprint density at radius 2 is 1.62 bits per heavy atom. The number of nitrogens with two attached hydrogens (primary N) is 1. The van der Waals surface area contributed by atoms with Gasteiger partial charge < -0.3 is 16.4 Å². The van der Waals surface area contributed by atoms with Gasteiger partial charge >= 0.3 is 6.18 Å². The molecule has 4 N–H and O–H groups in total. The van der Waals surface area contributed by atoms with Crippen molar-refractivity contribution in [2.75, 3.05) is 18.4 Å². The van der Waals surface area contributed by atoms with Crippen LogP contribution in [0.2, 0.25) is 0 Å². The molecule has 5 nitrogen and oxygen atoms in total. The SMILES string of the molecule is CCC(CC)(CN)C(=O)Nc1ccc(C(=O)NCC(F)(F)F)cc1. The number of carbonyl (C=O) groups excluding carboxylic acids is 2. The summed E-state index contributed by atoms with van der Waals surface area (Å²) >= 11 is 0. The lowest BCUT2D eigenvalue weighted by molar-refractivity contribution is -0.125. The van der Waals surface area contributed by atoms with E-state index in [4.69, 9.17) is 5.73 Å². The number of amides is 2. The number of alkyl halides is 3. The van der Waals surface area contributed by atoms with Crippen LogP contribution in [0, 0.1) is 5.41 Å². The van der Waals surface area contributed by atoms with Crippen LogP contribution in [0.25, 0.3) is 0 Å². The zero-order chi connectivity index (χ0) is 18.4. The molecule has 1 rings (SSSR count). The number of rotatable bonds is 7. The maximum absolute atomic E-state index is 12.4. The van der Waals surface area contributed by atoms with E-state index in [1.807, 2.05) is 13.8 Å². The summed E-state index contributed by atoms with van der Waals surface area (Å²) in [6.07, 6.45) is -3.29. The molecular formula is C16H22F3N3O2. The largest absolute Gasteiger partial charge is 0.405 e. The molecule has 0 bridgehead atoms. The van der Waals surface area contributed by atoms with Crippen LogP contribution in [0.15, 0.2) is 24.3 Å². The van der Waals surface area contributed by atoms with E-state index in [0.717, 1.165) is 0 Å². The molecule has 24 heavy (non-hydrogen) atoms. The van der Waals surface area contributed by atoms with Gasteiger partial charge in [-0.3, -0.25) is 9.59 Å².